The molecule has 0 radical (unpaired) electrons. The van der Waals surface area contributed by atoms with Gasteiger partial charge in [0.15, 0.2) is 12.4 Å². The number of morpholine rings is 1. The van der Waals surface area contributed by atoms with Gasteiger partial charge in [0.2, 0.25) is 0 Å². The van der Waals surface area contributed by atoms with Crippen molar-refractivity contribution in [2.45, 2.75) is 37.6 Å². The highest BCUT2D eigenvalue weighted by Crippen LogP contribution is 2.34. The van der Waals surface area contributed by atoms with Crippen LogP contribution >= 0.6 is 0 Å². The van der Waals surface area contributed by atoms with Gasteiger partial charge in [-0.05, 0) is 31.0 Å². The molecule has 2 heterocycles. The zero-order chi connectivity index (χ0) is 24.1. The molecule has 0 unspecified atom stereocenters. The summed E-state index contributed by atoms with van der Waals surface area (Å²) in [5, 5.41) is 7.83. The largest absolute Gasteiger partial charge is 0.452 e. The normalized spacial score (nSPS) is 18.3. The Morgan fingerprint density at radius 3 is 2.57 bits per heavy atom. The lowest BCUT2D eigenvalue weighted by Gasteiger charge is -2.48. The number of benzene rings is 2. The number of nitrogens with zero attached hydrogens (tertiary/aromatic N) is 2. The molecule has 35 heavy (non-hydrogen) atoms. The number of carbonyl (C=O) groups is 2. The van der Waals surface area contributed by atoms with E-state index in [-0.39, 0.29) is 18.1 Å². The van der Waals surface area contributed by atoms with Crippen molar-refractivity contribution in [3.05, 3.63) is 54.1 Å². The van der Waals surface area contributed by atoms with Gasteiger partial charge in [0.05, 0.1) is 24.2 Å². The molecule has 0 spiro atoms. The van der Waals surface area contributed by atoms with Gasteiger partial charge >= 0.3 is 5.97 Å². The Bertz CT molecular complexity index is 1160. The number of carbonyl (C=O) groups excluding carboxylic acids is 2. The van der Waals surface area contributed by atoms with Gasteiger partial charge in [-0.25, -0.2) is 4.79 Å². The highest BCUT2D eigenvalue weighted by molar-refractivity contribution is 5.99. The lowest BCUT2D eigenvalue weighted by molar-refractivity contribution is -0.125. The summed E-state index contributed by atoms with van der Waals surface area (Å²) in [7, 11) is 0. The van der Waals surface area contributed by atoms with Gasteiger partial charge in [-0.2, -0.15) is 0 Å². The van der Waals surface area contributed by atoms with Gasteiger partial charge in [0, 0.05) is 30.7 Å². The third-order valence-electron chi connectivity index (χ3n) is 7.16. The number of aromatic nitrogens is 1. The maximum absolute atomic E-state index is 12.7. The fraction of sp³-hybridized carbons (Fsp3) is 0.444. The number of nitrogens with one attached hydrogen (secondary N) is 1. The molecule has 1 amide bonds. The predicted octanol–water partition coefficient (Wildman–Crippen LogP) is 3.80. The minimum absolute atomic E-state index is 0.0329. The molecule has 1 aliphatic heterocycles. The highest BCUT2D eigenvalue weighted by Gasteiger charge is 2.38. The topological polar surface area (TPSA) is 93.9 Å². The van der Waals surface area contributed by atoms with Crippen LogP contribution in [-0.2, 0) is 14.3 Å². The first-order valence-corrected chi connectivity index (χ1v) is 12.4. The number of amides is 1. The number of rotatable bonds is 7. The van der Waals surface area contributed by atoms with Crippen molar-refractivity contribution in [3.8, 4) is 11.3 Å². The number of esters is 1. The van der Waals surface area contributed by atoms with Crippen molar-refractivity contribution in [3.63, 3.8) is 0 Å². The van der Waals surface area contributed by atoms with Gasteiger partial charge in [0.25, 0.3) is 5.91 Å². The van der Waals surface area contributed by atoms with Crippen molar-refractivity contribution >= 4 is 22.8 Å². The first kappa shape index (κ1) is 23.5. The van der Waals surface area contributed by atoms with Gasteiger partial charge in [-0.1, -0.05) is 54.8 Å². The molecular weight excluding hydrogens is 446 g/mol. The fourth-order valence-corrected chi connectivity index (χ4v) is 5.25. The molecule has 5 rings (SSSR count). The second-order valence-corrected chi connectivity index (χ2v) is 9.35. The second-order valence-electron chi connectivity index (χ2n) is 9.35. The second kappa shape index (κ2) is 10.6. The first-order valence-electron chi connectivity index (χ1n) is 12.4. The smallest absolute Gasteiger partial charge is 0.338 e. The molecule has 0 bridgehead atoms. The molecule has 2 aliphatic rings. The van der Waals surface area contributed by atoms with Crippen LogP contribution in [0.1, 0.15) is 42.5 Å². The Balaban J connectivity index is 1.20. The van der Waals surface area contributed by atoms with Crippen molar-refractivity contribution in [1.29, 1.82) is 0 Å². The van der Waals surface area contributed by atoms with Crippen molar-refractivity contribution < 1.29 is 23.6 Å². The van der Waals surface area contributed by atoms with E-state index in [0.717, 1.165) is 50.1 Å². The van der Waals surface area contributed by atoms with E-state index < -0.39 is 5.97 Å². The zero-order valence-corrected chi connectivity index (χ0v) is 19.8. The van der Waals surface area contributed by atoms with Crippen molar-refractivity contribution in [2.75, 3.05) is 39.5 Å². The summed E-state index contributed by atoms with van der Waals surface area (Å²) in [6.07, 6.45) is 5.70. The molecule has 1 aliphatic carbocycles. The summed E-state index contributed by atoms with van der Waals surface area (Å²) < 4.78 is 16.4. The van der Waals surface area contributed by atoms with E-state index in [9.17, 15) is 9.59 Å². The first-order chi connectivity index (χ1) is 17.1. The van der Waals surface area contributed by atoms with E-state index >= 15 is 0 Å². The SMILES string of the molecule is O=C(COC(=O)c1ccc2noc(-c3ccccc3)c2c1)NCC1(N2CCOCC2)CCCCC1. The van der Waals surface area contributed by atoms with Crippen LogP contribution in [0.3, 0.4) is 0 Å². The van der Waals surface area contributed by atoms with Crippen LogP contribution in [0.15, 0.2) is 53.1 Å². The molecule has 2 fully saturated rings. The van der Waals surface area contributed by atoms with Gasteiger partial charge in [-0.15, -0.1) is 0 Å². The molecule has 1 saturated carbocycles. The molecule has 1 saturated heterocycles. The molecule has 2 aromatic carbocycles. The minimum atomic E-state index is -0.553. The van der Waals surface area contributed by atoms with E-state index in [4.69, 9.17) is 14.0 Å². The fourth-order valence-electron chi connectivity index (χ4n) is 5.25. The third-order valence-corrected chi connectivity index (χ3v) is 7.16. The molecule has 8 heteroatoms. The summed E-state index contributed by atoms with van der Waals surface area (Å²) in [6, 6.07) is 14.6. The number of ether oxygens (including phenoxy) is 2. The molecule has 184 valence electrons. The maximum Gasteiger partial charge on any atom is 0.338 e. The molecule has 0 atom stereocenters. The maximum atomic E-state index is 12.7. The van der Waals surface area contributed by atoms with Crippen LogP contribution in [0.4, 0.5) is 0 Å². The Hall–Kier alpha value is -3.23. The van der Waals surface area contributed by atoms with E-state index in [1.165, 1.54) is 19.3 Å². The van der Waals surface area contributed by atoms with Crippen LogP contribution in [0.2, 0.25) is 0 Å². The van der Waals surface area contributed by atoms with Gasteiger partial charge in [-0.3, -0.25) is 9.69 Å². The van der Waals surface area contributed by atoms with Gasteiger partial charge < -0.3 is 19.3 Å². The Kier molecular flexibility index (Phi) is 7.11. The van der Waals surface area contributed by atoms with Crippen LogP contribution < -0.4 is 5.32 Å². The standard InChI is InChI=1S/C27H31N3O5/c31-24(28-19-27(11-5-2-6-12-27)30-13-15-33-16-14-30)18-34-26(32)21-9-10-23-22(17-21)25(35-29-23)20-7-3-1-4-8-20/h1,3-4,7-10,17H,2,5-6,11-16,18-19H2,(H,28,31). The summed E-state index contributed by atoms with van der Waals surface area (Å²) in [5.74, 6) is -0.246. The summed E-state index contributed by atoms with van der Waals surface area (Å²) in [6.45, 7) is 3.50. The van der Waals surface area contributed by atoms with Gasteiger partial charge in [0.1, 0.15) is 5.52 Å². The van der Waals surface area contributed by atoms with Crippen LogP contribution in [0.5, 0.6) is 0 Å². The number of hydrogen-bond acceptors (Lipinski definition) is 7. The molecule has 1 N–H and O–H groups in total. The summed E-state index contributed by atoms with van der Waals surface area (Å²) >= 11 is 0. The summed E-state index contributed by atoms with van der Waals surface area (Å²) in [5.41, 5.74) is 1.84. The minimum Gasteiger partial charge on any atom is -0.452 e. The van der Waals surface area contributed by atoms with E-state index in [1.807, 2.05) is 30.3 Å². The lowest BCUT2D eigenvalue weighted by atomic mass is 9.79. The predicted molar refractivity (Wildman–Crippen MR) is 131 cm³/mol. The van der Waals surface area contributed by atoms with Crippen LogP contribution in [0.25, 0.3) is 22.2 Å². The highest BCUT2D eigenvalue weighted by atomic mass is 16.5. The molecule has 8 nitrogen and oxygen atoms in total. The van der Waals surface area contributed by atoms with E-state index in [1.54, 1.807) is 18.2 Å². The Morgan fingerprint density at radius 2 is 1.80 bits per heavy atom. The Labute approximate surface area is 204 Å². The zero-order valence-electron chi connectivity index (χ0n) is 19.8. The molecular formula is C27H31N3O5. The van der Waals surface area contributed by atoms with Crippen molar-refractivity contribution in [2.24, 2.45) is 0 Å². The third kappa shape index (κ3) is 5.23. The van der Waals surface area contributed by atoms with Crippen LogP contribution in [0, 0.1) is 0 Å². The summed E-state index contributed by atoms with van der Waals surface area (Å²) in [4.78, 5) is 27.8. The lowest BCUT2D eigenvalue weighted by Crippen LogP contribution is -2.59. The quantitative estimate of drug-likeness (QED) is 0.517. The van der Waals surface area contributed by atoms with Crippen LogP contribution in [-0.4, -0.2) is 66.9 Å². The molecule has 1 aromatic heterocycles. The average molecular weight is 478 g/mol. The van der Waals surface area contributed by atoms with Crippen molar-refractivity contribution in [1.82, 2.24) is 15.4 Å². The Morgan fingerprint density at radius 1 is 1.03 bits per heavy atom. The van der Waals surface area contributed by atoms with E-state index in [2.05, 4.69) is 15.4 Å². The molecule has 3 aromatic rings. The number of fused-ring (bicyclic) bond motifs is 1. The number of hydrogen-bond donors (Lipinski definition) is 1. The van der Waals surface area contributed by atoms with E-state index in [0.29, 0.717) is 23.4 Å². The monoisotopic (exact) mass is 477 g/mol. The average Bonchev–Trinajstić information content (AvgIpc) is 3.35.